The maximum absolute atomic E-state index is 13.5. The number of nitrogens with zero attached hydrogens (tertiary/aromatic N) is 2. The van der Waals surface area contributed by atoms with Crippen molar-refractivity contribution >= 4 is 43.5 Å². The second-order valence-corrected chi connectivity index (χ2v) is 11.2. The molecule has 9 heteroatoms. The Bertz CT molecular complexity index is 1070. The first-order chi connectivity index (χ1) is 15.6. The van der Waals surface area contributed by atoms with E-state index in [1.54, 1.807) is 37.3 Å². The minimum absolute atomic E-state index is 0.125. The molecule has 0 spiro atoms. The lowest BCUT2D eigenvalue weighted by atomic mass is 10.1. The smallest absolute Gasteiger partial charge is 0.244 e. The number of sulfonamides is 1. The Hall–Kier alpha value is -2.39. The van der Waals surface area contributed by atoms with Gasteiger partial charge in [0, 0.05) is 17.1 Å². The van der Waals surface area contributed by atoms with Gasteiger partial charge in [0.25, 0.3) is 0 Å². The highest BCUT2D eigenvalue weighted by atomic mass is 79.9. The second-order valence-electron chi connectivity index (χ2n) is 8.42. The molecule has 0 heterocycles. The highest BCUT2D eigenvalue weighted by Gasteiger charge is 2.31. The summed E-state index contributed by atoms with van der Waals surface area (Å²) >= 11 is 3.44. The molecule has 1 saturated carbocycles. The largest absolute Gasteiger partial charge is 0.352 e. The average molecular weight is 536 g/mol. The Kier molecular flexibility index (Phi) is 8.53. The summed E-state index contributed by atoms with van der Waals surface area (Å²) in [6, 6.07) is 15.4. The van der Waals surface area contributed by atoms with Gasteiger partial charge in [-0.2, -0.15) is 0 Å². The molecule has 3 rings (SSSR count). The topological polar surface area (TPSA) is 86.8 Å². The van der Waals surface area contributed by atoms with Crippen molar-refractivity contribution in [3.05, 3.63) is 64.6 Å². The first-order valence-corrected chi connectivity index (χ1v) is 13.7. The lowest BCUT2D eigenvalue weighted by Crippen LogP contribution is -2.52. The van der Waals surface area contributed by atoms with Gasteiger partial charge in [0.15, 0.2) is 0 Å². The van der Waals surface area contributed by atoms with Crippen molar-refractivity contribution in [3.63, 3.8) is 0 Å². The molecule has 7 nitrogen and oxygen atoms in total. The summed E-state index contributed by atoms with van der Waals surface area (Å²) in [5.41, 5.74) is 1.24. The third kappa shape index (κ3) is 7.04. The third-order valence-electron chi connectivity index (χ3n) is 5.83. The molecule has 1 unspecified atom stereocenters. The zero-order valence-corrected chi connectivity index (χ0v) is 21.3. The Morgan fingerprint density at radius 1 is 1.09 bits per heavy atom. The van der Waals surface area contributed by atoms with Crippen molar-refractivity contribution in [2.45, 2.75) is 51.2 Å². The van der Waals surface area contributed by atoms with Crippen LogP contribution in [-0.2, 0) is 26.2 Å². The van der Waals surface area contributed by atoms with Crippen LogP contribution in [0, 0.1) is 0 Å². The second kappa shape index (κ2) is 11.2. The molecule has 33 heavy (non-hydrogen) atoms. The van der Waals surface area contributed by atoms with E-state index in [-0.39, 0.29) is 18.5 Å². The van der Waals surface area contributed by atoms with E-state index in [1.807, 2.05) is 24.3 Å². The van der Waals surface area contributed by atoms with Crippen LogP contribution >= 0.6 is 15.9 Å². The van der Waals surface area contributed by atoms with Crippen molar-refractivity contribution in [2.24, 2.45) is 0 Å². The summed E-state index contributed by atoms with van der Waals surface area (Å²) in [6.07, 6.45) is 5.12. The maximum atomic E-state index is 13.5. The van der Waals surface area contributed by atoms with Crippen LogP contribution in [0.4, 0.5) is 5.69 Å². The molecule has 1 atom stereocenters. The molecule has 0 saturated heterocycles. The molecule has 0 aromatic heterocycles. The molecular weight excluding hydrogens is 506 g/mol. The molecule has 1 N–H and O–H groups in total. The van der Waals surface area contributed by atoms with Gasteiger partial charge in [-0.15, -0.1) is 0 Å². The number of amides is 2. The predicted octanol–water partition coefficient (Wildman–Crippen LogP) is 3.69. The number of benzene rings is 2. The van der Waals surface area contributed by atoms with E-state index < -0.39 is 28.5 Å². The van der Waals surface area contributed by atoms with Gasteiger partial charge in [0.05, 0.1) is 11.9 Å². The molecule has 0 radical (unpaired) electrons. The van der Waals surface area contributed by atoms with E-state index in [4.69, 9.17) is 0 Å². The van der Waals surface area contributed by atoms with Gasteiger partial charge in [-0.1, -0.05) is 59.1 Å². The van der Waals surface area contributed by atoms with Gasteiger partial charge in [-0.3, -0.25) is 13.9 Å². The number of nitrogens with one attached hydrogen (secondary N) is 1. The highest BCUT2D eigenvalue weighted by Crippen LogP contribution is 2.21. The molecule has 178 valence electrons. The molecule has 2 aromatic carbocycles. The fourth-order valence-electron chi connectivity index (χ4n) is 4.01. The minimum atomic E-state index is -3.71. The van der Waals surface area contributed by atoms with Crippen LogP contribution in [0.2, 0.25) is 0 Å². The summed E-state index contributed by atoms with van der Waals surface area (Å²) in [4.78, 5) is 27.9. The highest BCUT2D eigenvalue weighted by molar-refractivity contribution is 9.10. The molecule has 0 aliphatic heterocycles. The Balaban J connectivity index is 1.86. The van der Waals surface area contributed by atoms with Crippen molar-refractivity contribution in [1.82, 2.24) is 10.2 Å². The van der Waals surface area contributed by atoms with Gasteiger partial charge >= 0.3 is 0 Å². The number of rotatable bonds is 9. The van der Waals surface area contributed by atoms with Crippen molar-refractivity contribution < 1.29 is 18.0 Å². The fraction of sp³-hybridized carbons (Fsp3) is 0.417. The van der Waals surface area contributed by atoms with E-state index in [1.165, 1.54) is 4.90 Å². The van der Waals surface area contributed by atoms with Gasteiger partial charge in [-0.05, 0) is 49.6 Å². The SMILES string of the molecule is CC(C(=O)NC1CCCC1)N(Cc1cccc(Br)c1)C(=O)CN(c1ccccc1)S(C)(=O)=O. The van der Waals surface area contributed by atoms with Crippen molar-refractivity contribution in [3.8, 4) is 0 Å². The Morgan fingerprint density at radius 2 is 1.76 bits per heavy atom. The van der Waals surface area contributed by atoms with E-state index in [0.717, 1.165) is 46.3 Å². The Morgan fingerprint density at radius 3 is 2.36 bits per heavy atom. The number of hydrogen-bond acceptors (Lipinski definition) is 4. The predicted molar refractivity (Wildman–Crippen MR) is 133 cm³/mol. The molecule has 2 aromatic rings. The standard InChI is InChI=1S/C24H30BrN3O4S/c1-18(24(30)26-21-11-6-7-12-21)27(16-19-9-8-10-20(25)15-19)23(29)17-28(33(2,31)32)22-13-4-3-5-14-22/h3-5,8-10,13-15,18,21H,6-7,11-12,16-17H2,1-2H3,(H,26,30). The van der Waals surface area contributed by atoms with Crippen LogP contribution < -0.4 is 9.62 Å². The van der Waals surface area contributed by atoms with Crippen LogP contribution in [0.5, 0.6) is 0 Å². The van der Waals surface area contributed by atoms with Crippen molar-refractivity contribution in [2.75, 3.05) is 17.1 Å². The number of carbonyl (C=O) groups excluding carboxylic acids is 2. The lowest BCUT2D eigenvalue weighted by molar-refractivity contribution is -0.139. The molecule has 1 fully saturated rings. The normalized spacial score (nSPS) is 15.1. The number of anilines is 1. The van der Waals surface area contributed by atoms with E-state index in [0.29, 0.717) is 5.69 Å². The first kappa shape index (κ1) is 25.2. The summed E-state index contributed by atoms with van der Waals surface area (Å²) < 4.78 is 26.9. The van der Waals surface area contributed by atoms with Gasteiger partial charge < -0.3 is 10.2 Å². The van der Waals surface area contributed by atoms with Gasteiger partial charge in [0.2, 0.25) is 21.8 Å². The van der Waals surface area contributed by atoms with E-state index in [2.05, 4.69) is 21.2 Å². The first-order valence-electron chi connectivity index (χ1n) is 11.0. The Labute approximate surface area is 204 Å². The maximum Gasteiger partial charge on any atom is 0.244 e. The summed E-state index contributed by atoms with van der Waals surface area (Å²) in [5, 5.41) is 3.05. The third-order valence-corrected chi connectivity index (χ3v) is 7.47. The van der Waals surface area contributed by atoms with Gasteiger partial charge in [0.1, 0.15) is 12.6 Å². The van der Waals surface area contributed by atoms with Crippen LogP contribution in [0.3, 0.4) is 0 Å². The summed E-state index contributed by atoms with van der Waals surface area (Å²) in [7, 11) is -3.71. The quantitative estimate of drug-likeness (QED) is 0.530. The number of hydrogen-bond donors (Lipinski definition) is 1. The lowest BCUT2D eigenvalue weighted by Gasteiger charge is -2.32. The summed E-state index contributed by atoms with van der Waals surface area (Å²) in [6.45, 7) is 1.48. The van der Waals surface area contributed by atoms with Crippen LogP contribution in [0.15, 0.2) is 59.1 Å². The molecule has 1 aliphatic rings. The fourth-order valence-corrected chi connectivity index (χ4v) is 5.31. The molecular formula is C24H30BrN3O4S. The average Bonchev–Trinajstić information content (AvgIpc) is 3.28. The van der Waals surface area contributed by atoms with E-state index in [9.17, 15) is 18.0 Å². The van der Waals surface area contributed by atoms with Crippen LogP contribution in [0.25, 0.3) is 0 Å². The van der Waals surface area contributed by atoms with Crippen molar-refractivity contribution in [1.29, 1.82) is 0 Å². The molecule has 0 bridgehead atoms. The zero-order valence-electron chi connectivity index (χ0n) is 18.9. The molecule has 1 aliphatic carbocycles. The number of halogens is 1. The monoisotopic (exact) mass is 535 g/mol. The number of carbonyl (C=O) groups is 2. The van der Waals surface area contributed by atoms with Crippen LogP contribution in [-0.4, -0.2) is 50.0 Å². The van der Waals surface area contributed by atoms with E-state index >= 15 is 0 Å². The van der Waals surface area contributed by atoms with Gasteiger partial charge in [-0.25, -0.2) is 8.42 Å². The zero-order chi connectivity index (χ0) is 24.0. The summed E-state index contributed by atoms with van der Waals surface area (Å²) in [5.74, 6) is -0.672. The minimum Gasteiger partial charge on any atom is -0.352 e. The van der Waals surface area contributed by atoms with Crippen LogP contribution in [0.1, 0.15) is 38.2 Å². The number of para-hydroxylation sites is 1. The molecule has 2 amide bonds.